The number of benzene rings is 1. The Morgan fingerprint density at radius 1 is 1.29 bits per heavy atom. The second kappa shape index (κ2) is 5.00. The smallest absolute Gasteiger partial charge is 0.131 e. The van der Waals surface area contributed by atoms with Crippen LogP contribution < -0.4 is 5.48 Å². The van der Waals surface area contributed by atoms with Gasteiger partial charge in [0.1, 0.15) is 11.6 Å². The van der Waals surface area contributed by atoms with Gasteiger partial charge in [-0.05, 0) is 24.8 Å². The molecule has 0 spiro atoms. The molecule has 1 unspecified atom stereocenters. The van der Waals surface area contributed by atoms with E-state index in [1.165, 1.54) is 25.0 Å². The summed E-state index contributed by atoms with van der Waals surface area (Å²) in [5.74, 6) is -0.135. The molecule has 5 heteroatoms. The second-order valence-electron chi connectivity index (χ2n) is 6.55. The summed E-state index contributed by atoms with van der Waals surface area (Å²) in [4.78, 5) is 5.41. The highest BCUT2D eigenvalue weighted by Gasteiger charge is 2.51. The molecule has 4 rings (SSSR count). The third kappa shape index (κ3) is 2.37. The fraction of sp³-hybridized carbons (Fsp3) is 0.625. The minimum Gasteiger partial charge on any atom is -0.376 e. The maximum Gasteiger partial charge on any atom is 0.131 e. The lowest BCUT2D eigenvalue weighted by atomic mass is 9.75. The van der Waals surface area contributed by atoms with Crippen LogP contribution in [0.2, 0.25) is 0 Å². The van der Waals surface area contributed by atoms with Crippen LogP contribution in [-0.4, -0.2) is 19.3 Å². The standard InChI is InChI=1S/C16H19F2NO2/c17-12-3-4-14(15(18)7-12)16-9-20-13(5-10-1-2-10)6-11(16)8-21-19-16/h3-4,7,10-11,13,19H,1-2,5-6,8-9H2/t11-,13-,16?/m0/s1. The first-order valence-corrected chi connectivity index (χ1v) is 7.63. The number of hydrogen-bond donors (Lipinski definition) is 1. The Morgan fingerprint density at radius 3 is 2.90 bits per heavy atom. The quantitative estimate of drug-likeness (QED) is 0.930. The van der Waals surface area contributed by atoms with Crippen molar-refractivity contribution in [2.45, 2.75) is 37.3 Å². The number of ether oxygens (including phenoxy) is 1. The van der Waals surface area contributed by atoms with Crippen LogP contribution in [0.1, 0.15) is 31.2 Å². The number of rotatable bonds is 3. The van der Waals surface area contributed by atoms with Gasteiger partial charge in [-0.2, -0.15) is 5.48 Å². The topological polar surface area (TPSA) is 30.5 Å². The zero-order valence-corrected chi connectivity index (χ0v) is 11.8. The third-order valence-corrected chi connectivity index (χ3v) is 5.03. The highest BCUT2D eigenvalue weighted by Crippen LogP contribution is 2.45. The minimum absolute atomic E-state index is 0.162. The zero-order valence-electron chi connectivity index (χ0n) is 11.8. The lowest BCUT2D eigenvalue weighted by molar-refractivity contribution is -0.0735. The predicted octanol–water partition coefficient (Wildman–Crippen LogP) is 2.90. The van der Waals surface area contributed by atoms with E-state index < -0.39 is 17.2 Å². The van der Waals surface area contributed by atoms with Gasteiger partial charge in [0.2, 0.25) is 0 Å². The molecule has 2 aliphatic heterocycles. The molecule has 3 fully saturated rings. The Bertz CT molecular complexity index is 549. The van der Waals surface area contributed by atoms with E-state index in [-0.39, 0.29) is 12.0 Å². The molecule has 3 atom stereocenters. The van der Waals surface area contributed by atoms with Crippen molar-refractivity contribution in [2.75, 3.05) is 13.2 Å². The maximum absolute atomic E-state index is 14.2. The Balaban J connectivity index is 1.60. The molecule has 21 heavy (non-hydrogen) atoms. The highest BCUT2D eigenvalue weighted by atomic mass is 19.1. The van der Waals surface area contributed by atoms with Crippen LogP contribution in [0.4, 0.5) is 8.78 Å². The molecular weight excluding hydrogens is 276 g/mol. The summed E-state index contributed by atoms with van der Waals surface area (Å²) in [7, 11) is 0. The van der Waals surface area contributed by atoms with E-state index >= 15 is 0 Å². The van der Waals surface area contributed by atoms with Crippen LogP contribution in [0.25, 0.3) is 0 Å². The molecule has 1 saturated carbocycles. The molecule has 114 valence electrons. The van der Waals surface area contributed by atoms with Crippen molar-refractivity contribution in [1.82, 2.24) is 5.48 Å². The van der Waals surface area contributed by atoms with Crippen molar-refractivity contribution in [3.05, 3.63) is 35.4 Å². The monoisotopic (exact) mass is 295 g/mol. The van der Waals surface area contributed by atoms with Gasteiger partial charge in [0.15, 0.2) is 0 Å². The van der Waals surface area contributed by atoms with Crippen molar-refractivity contribution in [2.24, 2.45) is 11.8 Å². The molecule has 0 amide bonds. The largest absolute Gasteiger partial charge is 0.376 e. The molecular formula is C16H19F2NO2. The SMILES string of the molecule is Fc1ccc(C23CO[C@@H](CC4CC4)C[C@H]2CON3)c(F)c1. The first-order valence-electron chi connectivity index (χ1n) is 7.63. The summed E-state index contributed by atoms with van der Waals surface area (Å²) in [5, 5.41) is 0. The van der Waals surface area contributed by atoms with Crippen LogP contribution >= 0.6 is 0 Å². The van der Waals surface area contributed by atoms with E-state index in [0.717, 1.165) is 24.8 Å². The summed E-state index contributed by atoms with van der Waals surface area (Å²) >= 11 is 0. The summed E-state index contributed by atoms with van der Waals surface area (Å²) in [6, 6.07) is 3.72. The van der Waals surface area contributed by atoms with Crippen molar-refractivity contribution in [3.63, 3.8) is 0 Å². The Morgan fingerprint density at radius 2 is 2.14 bits per heavy atom. The summed E-state index contributed by atoms with van der Waals surface area (Å²) in [5.41, 5.74) is 2.71. The highest BCUT2D eigenvalue weighted by molar-refractivity contribution is 5.29. The van der Waals surface area contributed by atoms with Crippen molar-refractivity contribution in [1.29, 1.82) is 0 Å². The molecule has 1 aliphatic carbocycles. The van der Waals surface area contributed by atoms with Gasteiger partial charge in [-0.25, -0.2) is 8.78 Å². The summed E-state index contributed by atoms with van der Waals surface area (Å²) < 4.78 is 33.3. The minimum atomic E-state index is -0.683. The first-order chi connectivity index (χ1) is 10.2. The predicted molar refractivity (Wildman–Crippen MR) is 72.3 cm³/mol. The molecule has 0 bridgehead atoms. The zero-order chi connectivity index (χ0) is 14.4. The Hall–Kier alpha value is -1.04. The van der Waals surface area contributed by atoms with Crippen LogP contribution in [0.15, 0.2) is 18.2 Å². The number of hydroxylamine groups is 1. The van der Waals surface area contributed by atoms with Crippen molar-refractivity contribution >= 4 is 0 Å². The van der Waals surface area contributed by atoms with Gasteiger partial charge in [0, 0.05) is 17.5 Å². The van der Waals surface area contributed by atoms with E-state index in [4.69, 9.17) is 9.57 Å². The van der Waals surface area contributed by atoms with Gasteiger partial charge in [0.25, 0.3) is 0 Å². The number of halogens is 2. The van der Waals surface area contributed by atoms with Crippen LogP contribution in [0.5, 0.6) is 0 Å². The number of hydrogen-bond acceptors (Lipinski definition) is 3. The number of nitrogens with one attached hydrogen (secondary N) is 1. The van der Waals surface area contributed by atoms with Crippen LogP contribution in [0, 0.1) is 23.5 Å². The lowest BCUT2D eigenvalue weighted by Crippen LogP contribution is -2.52. The number of fused-ring (bicyclic) bond motifs is 1. The molecule has 2 heterocycles. The molecule has 1 aromatic rings. The Kier molecular flexibility index (Phi) is 3.24. The van der Waals surface area contributed by atoms with Gasteiger partial charge < -0.3 is 9.57 Å². The van der Waals surface area contributed by atoms with Gasteiger partial charge in [-0.15, -0.1) is 0 Å². The molecule has 0 aromatic heterocycles. The third-order valence-electron chi connectivity index (χ3n) is 5.03. The van der Waals surface area contributed by atoms with Crippen molar-refractivity contribution < 1.29 is 18.4 Å². The second-order valence-corrected chi connectivity index (χ2v) is 6.55. The van der Waals surface area contributed by atoms with E-state index in [2.05, 4.69) is 5.48 Å². The van der Waals surface area contributed by atoms with Crippen LogP contribution in [-0.2, 0) is 15.1 Å². The fourth-order valence-corrected chi connectivity index (χ4v) is 3.64. The van der Waals surface area contributed by atoms with Crippen molar-refractivity contribution in [3.8, 4) is 0 Å². The molecule has 2 saturated heterocycles. The molecule has 1 aromatic carbocycles. The molecule has 1 N–H and O–H groups in total. The molecule has 3 nitrogen and oxygen atoms in total. The van der Waals surface area contributed by atoms with Crippen LogP contribution in [0.3, 0.4) is 0 Å². The summed E-state index contributed by atoms with van der Waals surface area (Å²) in [6.45, 7) is 0.916. The van der Waals surface area contributed by atoms with Gasteiger partial charge in [-0.3, -0.25) is 0 Å². The average molecular weight is 295 g/mol. The van der Waals surface area contributed by atoms with E-state index in [9.17, 15) is 8.78 Å². The summed E-state index contributed by atoms with van der Waals surface area (Å²) in [6.07, 6.45) is 4.80. The normalized spacial score (nSPS) is 35.7. The Labute approximate surface area is 122 Å². The first kappa shape index (κ1) is 13.6. The van der Waals surface area contributed by atoms with E-state index in [1.807, 2.05) is 0 Å². The fourth-order valence-electron chi connectivity index (χ4n) is 3.64. The maximum atomic E-state index is 14.2. The average Bonchev–Trinajstić information content (AvgIpc) is 3.15. The lowest BCUT2D eigenvalue weighted by Gasteiger charge is -2.41. The molecule has 3 aliphatic rings. The van der Waals surface area contributed by atoms with E-state index in [1.54, 1.807) is 0 Å². The van der Waals surface area contributed by atoms with Gasteiger partial charge in [0.05, 0.1) is 24.9 Å². The van der Waals surface area contributed by atoms with E-state index in [0.29, 0.717) is 18.8 Å². The van der Waals surface area contributed by atoms with Gasteiger partial charge >= 0.3 is 0 Å². The molecule has 0 radical (unpaired) electrons. The van der Waals surface area contributed by atoms with Gasteiger partial charge in [-0.1, -0.05) is 18.9 Å².